The number of para-hydroxylation sites is 2. The van der Waals surface area contributed by atoms with E-state index in [-0.39, 0.29) is 12.5 Å². The topological polar surface area (TPSA) is 69.2 Å². The third-order valence-electron chi connectivity index (χ3n) is 4.99. The van der Waals surface area contributed by atoms with Crippen molar-refractivity contribution in [3.8, 4) is 17.2 Å². The van der Waals surface area contributed by atoms with Gasteiger partial charge in [0.1, 0.15) is 12.4 Å². The normalized spacial score (nSPS) is 10.8. The Balaban J connectivity index is 1.26. The summed E-state index contributed by atoms with van der Waals surface area (Å²) >= 11 is 0. The summed E-state index contributed by atoms with van der Waals surface area (Å²) in [5.74, 6) is 1.45. The maximum absolute atomic E-state index is 12.0. The highest BCUT2D eigenvalue weighted by Gasteiger charge is 2.06. The lowest BCUT2D eigenvalue weighted by Crippen LogP contribution is -2.24. The lowest BCUT2D eigenvalue weighted by molar-refractivity contribution is -0.123. The number of carbonyl (C=O) groups excluding carboxylic acids is 1. The van der Waals surface area contributed by atoms with Gasteiger partial charge in [0.15, 0.2) is 18.1 Å². The van der Waals surface area contributed by atoms with Crippen molar-refractivity contribution in [2.45, 2.75) is 6.61 Å². The van der Waals surface area contributed by atoms with Crippen molar-refractivity contribution < 1.29 is 19.0 Å². The first-order valence-electron chi connectivity index (χ1n) is 10.5. The molecule has 6 nitrogen and oxygen atoms in total. The van der Waals surface area contributed by atoms with E-state index in [9.17, 15) is 4.79 Å². The molecule has 0 radical (unpaired) electrons. The van der Waals surface area contributed by atoms with E-state index in [1.54, 1.807) is 25.5 Å². The first kappa shape index (κ1) is 21.9. The Hall–Kier alpha value is -4.32. The summed E-state index contributed by atoms with van der Waals surface area (Å²) in [6.07, 6.45) is 1.56. The van der Waals surface area contributed by atoms with E-state index in [0.29, 0.717) is 18.1 Å². The van der Waals surface area contributed by atoms with Gasteiger partial charge in [0, 0.05) is 0 Å². The Bertz CT molecular complexity index is 1250. The van der Waals surface area contributed by atoms with Gasteiger partial charge in [0.05, 0.1) is 13.3 Å². The Kier molecular flexibility index (Phi) is 7.18. The molecule has 6 heteroatoms. The van der Waals surface area contributed by atoms with Crippen LogP contribution in [0, 0.1) is 0 Å². The van der Waals surface area contributed by atoms with Gasteiger partial charge in [-0.3, -0.25) is 4.79 Å². The highest BCUT2D eigenvalue weighted by molar-refractivity contribution is 5.85. The first-order chi connectivity index (χ1) is 16.2. The number of fused-ring (bicyclic) bond motifs is 1. The molecule has 0 heterocycles. The van der Waals surface area contributed by atoms with Crippen molar-refractivity contribution in [1.82, 2.24) is 5.43 Å². The SMILES string of the molecule is COc1ccccc1OCC(=O)N/N=C\c1ccc(OCc2cccc3ccccc23)cc1. The van der Waals surface area contributed by atoms with Gasteiger partial charge in [0.25, 0.3) is 5.91 Å². The van der Waals surface area contributed by atoms with E-state index < -0.39 is 0 Å². The molecule has 166 valence electrons. The number of nitrogens with one attached hydrogen (secondary N) is 1. The molecule has 0 aliphatic heterocycles. The number of ether oxygens (including phenoxy) is 3. The number of hydrazone groups is 1. The van der Waals surface area contributed by atoms with Crippen LogP contribution in [0.25, 0.3) is 10.8 Å². The lowest BCUT2D eigenvalue weighted by Gasteiger charge is -2.09. The Morgan fingerprint density at radius 2 is 1.58 bits per heavy atom. The number of benzene rings is 4. The van der Waals surface area contributed by atoms with Crippen LogP contribution in [0.1, 0.15) is 11.1 Å². The van der Waals surface area contributed by atoms with Gasteiger partial charge < -0.3 is 14.2 Å². The summed E-state index contributed by atoms with van der Waals surface area (Å²) in [6.45, 7) is 0.315. The monoisotopic (exact) mass is 440 g/mol. The van der Waals surface area contributed by atoms with Crippen molar-refractivity contribution >= 4 is 22.9 Å². The van der Waals surface area contributed by atoms with Crippen molar-refractivity contribution in [3.05, 3.63) is 102 Å². The number of hydrogen-bond acceptors (Lipinski definition) is 5. The van der Waals surface area contributed by atoms with E-state index in [0.717, 1.165) is 16.9 Å². The number of carbonyl (C=O) groups is 1. The zero-order chi connectivity index (χ0) is 22.9. The van der Waals surface area contributed by atoms with Gasteiger partial charge in [-0.1, -0.05) is 54.6 Å². The van der Waals surface area contributed by atoms with E-state index in [4.69, 9.17) is 14.2 Å². The van der Waals surface area contributed by atoms with Crippen LogP contribution < -0.4 is 19.6 Å². The summed E-state index contributed by atoms with van der Waals surface area (Å²) in [6, 6.07) is 29.1. The van der Waals surface area contributed by atoms with Crippen LogP contribution in [-0.4, -0.2) is 25.8 Å². The molecule has 0 aromatic heterocycles. The van der Waals surface area contributed by atoms with E-state index in [1.807, 2.05) is 54.6 Å². The van der Waals surface area contributed by atoms with Gasteiger partial charge in [-0.15, -0.1) is 0 Å². The average Bonchev–Trinajstić information content (AvgIpc) is 2.87. The third-order valence-corrected chi connectivity index (χ3v) is 4.99. The molecular weight excluding hydrogens is 416 g/mol. The summed E-state index contributed by atoms with van der Waals surface area (Å²) in [5, 5.41) is 6.36. The molecule has 33 heavy (non-hydrogen) atoms. The molecule has 1 N–H and O–H groups in total. The van der Waals surface area contributed by atoms with Gasteiger partial charge >= 0.3 is 0 Å². The average molecular weight is 440 g/mol. The number of methoxy groups -OCH3 is 1. The second-order valence-electron chi connectivity index (χ2n) is 7.23. The van der Waals surface area contributed by atoms with Crippen LogP contribution in [0.4, 0.5) is 0 Å². The second kappa shape index (κ2) is 10.8. The minimum Gasteiger partial charge on any atom is -0.493 e. The third kappa shape index (κ3) is 5.89. The maximum atomic E-state index is 12.0. The van der Waals surface area contributed by atoms with E-state index in [1.165, 1.54) is 10.8 Å². The molecule has 4 aromatic rings. The van der Waals surface area contributed by atoms with Gasteiger partial charge in [0.2, 0.25) is 0 Å². The first-order valence-corrected chi connectivity index (χ1v) is 10.5. The molecule has 0 bridgehead atoms. The molecule has 0 saturated carbocycles. The van der Waals surface area contributed by atoms with Crippen molar-refractivity contribution in [1.29, 1.82) is 0 Å². The number of hydrogen-bond donors (Lipinski definition) is 1. The summed E-state index contributed by atoms with van der Waals surface area (Å²) < 4.78 is 16.6. The molecule has 4 rings (SSSR count). The number of rotatable bonds is 9. The predicted molar refractivity (Wildman–Crippen MR) is 129 cm³/mol. The molecule has 1 amide bonds. The predicted octanol–water partition coefficient (Wildman–Crippen LogP) is 4.96. The fourth-order valence-corrected chi connectivity index (χ4v) is 3.32. The Morgan fingerprint density at radius 1 is 0.848 bits per heavy atom. The molecule has 4 aromatic carbocycles. The molecule has 0 fully saturated rings. The zero-order valence-electron chi connectivity index (χ0n) is 18.2. The highest BCUT2D eigenvalue weighted by atomic mass is 16.5. The van der Waals surface area contributed by atoms with Crippen LogP contribution in [0.3, 0.4) is 0 Å². The second-order valence-corrected chi connectivity index (χ2v) is 7.23. The van der Waals surface area contributed by atoms with Gasteiger partial charge in [-0.25, -0.2) is 5.43 Å². The maximum Gasteiger partial charge on any atom is 0.277 e. The zero-order valence-corrected chi connectivity index (χ0v) is 18.2. The minimum absolute atomic E-state index is 0.168. The molecule has 0 spiro atoms. The Morgan fingerprint density at radius 3 is 2.39 bits per heavy atom. The van der Waals surface area contributed by atoms with Crippen LogP contribution in [0.5, 0.6) is 17.2 Å². The summed E-state index contributed by atoms with van der Waals surface area (Å²) in [5.41, 5.74) is 4.42. The largest absolute Gasteiger partial charge is 0.493 e. The fraction of sp³-hybridized carbons (Fsp3) is 0.111. The molecule has 0 unspecified atom stereocenters. The van der Waals surface area contributed by atoms with Crippen molar-refractivity contribution in [2.24, 2.45) is 5.10 Å². The summed E-state index contributed by atoms with van der Waals surface area (Å²) in [4.78, 5) is 12.0. The van der Waals surface area contributed by atoms with Crippen LogP contribution in [-0.2, 0) is 11.4 Å². The van der Waals surface area contributed by atoms with Crippen LogP contribution >= 0.6 is 0 Å². The minimum atomic E-state index is -0.368. The van der Waals surface area contributed by atoms with Crippen LogP contribution in [0.2, 0.25) is 0 Å². The van der Waals surface area contributed by atoms with E-state index in [2.05, 4.69) is 34.8 Å². The smallest absolute Gasteiger partial charge is 0.277 e. The van der Waals surface area contributed by atoms with Gasteiger partial charge in [-0.05, 0) is 58.3 Å². The standard InChI is InChI=1S/C27H24N2O4/c1-31-25-11-4-5-12-26(25)33-19-27(30)29-28-17-20-13-15-23(16-14-20)32-18-22-9-6-8-21-7-2-3-10-24(21)22/h2-17H,18-19H2,1H3,(H,29,30)/b28-17-. The van der Waals surface area contributed by atoms with Crippen molar-refractivity contribution in [3.63, 3.8) is 0 Å². The lowest BCUT2D eigenvalue weighted by atomic mass is 10.1. The number of amides is 1. The van der Waals surface area contributed by atoms with E-state index >= 15 is 0 Å². The quantitative estimate of drug-likeness (QED) is 0.295. The molecule has 0 saturated heterocycles. The fourth-order valence-electron chi connectivity index (χ4n) is 3.32. The van der Waals surface area contributed by atoms with Crippen LogP contribution in [0.15, 0.2) is 96.1 Å². The molecular formula is C27H24N2O4. The van der Waals surface area contributed by atoms with Crippen molar-refractivity contribution in [2.75, 3.05) is 13.7 Å². The molecule has 0 aliphatic rings. The highest BCUT2D eigenvalue weighted by Crippen LogP contribution is 2.25. The van der Waals surface area contributed by atoms with Gasteiger partial charge in [-0.2, -0.15) is 5.10 Å². The molecule has 0 aliphatic carbocycles. The Labute approximate surface area is 192 Å². The summed E-state index contributed by atoms with van der Waals surface area (Å²) in [7, 11) is 1.55. The number of nitrogens with zero attached hydrogens (tertiary/aromatic N) is 1. The molecule has 0 atom stereocenters.